The number of fused-ring (bicyclic) bond motifs is 7. The van der Waals surface area contributed by atoms with Crippen molar-refractivity contribution in [3.05, 3.63) is 35.7 Å². The maximum Gasteiger partial charge on any atom is 0.313 e. The van der Waals surface area contributed by atoms with Crippen molar-refractivity contribution in [2.45, 2.75) is 148 Å². The van der Waals surface area contributed by atoms with Gasteiger partial charge in [0.2, 0.25) is 0 Å². The van der Waals surface area contributed by atoms with Gasteiger partial charge >= 0.3 is 5.97 Å². The van der Waals surface area contributed by atoms with Gasteiger partial charge in [-0.05, 0) is 141 Å². The standard InChI is InChI=1S/C50H74N4O8/c1-26(2)10-11-29-17-30(35-25-62-45(59)42(35)33-14-15-53-23-33)8-7-9-32-21-50(61)37-19-38(55)36-18-39(56)40(57)22-47(36,5)43(37)31-12-13-34(24-54-46(51)52)49(50,20-31)44(32)48(6,60)41(58)16-27(3)28(29)4/h14-15,19,23,26-32,34-36,39-44,53,56-58,60-61H,9-13,16-18,20-22,24-25H2,1-6H3,(H4,51,52,54)/t27-,28+,29+,30+,31+,32-,34+,35+,36+,39-,40+,41-,42+,43+,44-,47+,48+,49+,50-/m1/s1. The number of hydrogen-bond acceptors (Lipinski definition) is 9. The molecule has 5 fully saturated rings. The van der Waals surface area contributed by atoms with Gasteiger partial charge in [0, 0.05) is 54.4 Å². The number of nitrogens with zero attached hydrogens (tertiary/aromatic N) is 1. The number of rotatable bonds is 7. The van der Waals surface area contributed by atoms with E-state index in [9.17, 15) is 35.1 Å². The van der Waals surface area contributed by atoms with Crippen LogP contribution in [0.2, 0.25) is 0 Å². The Morgan fingerprint density at radius 3 is 2.47 bits per heavy atom. The molecule has 8 rings (SSSR count). The summed E-state index contributed by atoms with van der Waals surface area (Å²) >= 11 is 0. The second-order valence-corrected chi connectivity index (χ2v) is 22.3. The molecule has 0 unspecified atom stereocenters. The molecule has 1 saturated heterocycles. The van der Waals surface area contributed by atoms with E-state index in [1.54, 1.807) is 13.0 Å². The van der Waals surface area contributed by atoms with E-state index in [4.69, 9.17) is 16.2 Å². The zero-order valence-corrected chi connectivity index (χ0v) is 37.8. The number of nitrogens with two attached hydrogens (primary N) is 2. The predicted octanol–water partition coefficient (Wildman–Crippen LogP) is 4.83. The smallest absolute Gasteiger partial charge is 0.313 e. The molecule has 19 atom stereocenters. The van der Waals surface area contributed by atoms with E-state index in [1.807, 2.05) is 18.5 Å². The topological polar surface area (TPSA) is 225 Å². The average molecular weight is 859 g/mol. The molecule has 7 aliphatic rings. The molecular formula is C50H74N4O8. The highest BCUT2D eigenvalue weighted by atomic mass is 16.5. The molecule has 62 heavy (non-hydrogen) atoms. The van der Waals surface area contributed by atoms with Crippen molar-refractivity contribution in [3.63, 3.8) is 0 Å². The first-order valence-electron chi connectivity index (χ1n) is 23.8. The number of cyclic esters (lactones) is 1. The average Bonchev–Trinajstić information content (AvgIpc) is 3.93. The monoisotopic (exact) mass is 859 g/mol. The molecule has 1 spiro atoms. The Labute approximate surface area is 368 Å². The number of aromatic nitrogens is 1. The van der Waals surface area contributed by atoms with Crippen molar-refractivity contribution in [1.29, 1.82) is 0 Å². The molecule has 2 heterocycles. The lowest BCUT2D eigenvalue weighted by atomic mass is 9.38. The van der Waals surface area contributed by atoms with Crippen molar-refractivity contribution in [2.24, 2.45) is 98.3 Å². The normalized spacial score (nSPS) is 47.8. The number of aromatic amines is 1. The number of allylic oxidation sites excluding steroid dienone is 1. The lowest BCUT2D eigenvalue weighted by Gasteiger charge is -2.67. The Hall–Kier alpha value is -3.21. The molecule has 0 amide bonds. The Bertz CT molecular complexity index is 1970. The van der Waals surface area contributed by atoms with Crippen molar-refractivity contribution >= 4 is 17.7 Å². The second kappa shape index (κ2) is 16.7. The van der Waals surface area contributed by atoms with E-state index in [-0.39, 0.29) is 97.5 Å². The highest BCUT2D eigenvalue weighted by Gasteiger charge is 2.77. The Kier molecular flexibility index (Phi) is 12.2. The van der Waals surface area contributed by atoms with Gasteiger partial charge in [-0.1, -0.05) is 47.0 Å². The van der Waals surface area contributed by atoms with Crippen molar-refractivity contribution < 1.29 is 39.9 Å². The maximum atomic E-state index is 14.4. The van der Waals surface area contributed by atoms with Gasteiger partial charge in [-0.25, -0.2) is 0 Å². The Morgan fingerprint density at radius 2 is 1.77 bits per heavy atom. The molecule has 1 aromatic heterocycles. The van der Waals surface area contributed by atoms with Gasteiger partial charge in [-0.2, -0.15) is 0 Å². The van der Waals surface area contributed by atoms with E-state index in [2.05, 4.69) is 56.4 Å². The molecule has 1 aromatic rings. The summed E-state index contributed by atoms with van der Waals surface area (Å²) in [6, 6.07) is 1.94. The fraction of sp³-hybridized carbons (Fsp3) is 0.780. The van der Waals surface area contributed by atoms with E-state index in [1.165, 1.54) is 0 Å². The molecule has 1 aliphatic heterocycles. The third kappa shape index (κ3) is 7.28. The summed E-state index contributed by atoms with van der Waals surface area (Å²) in [5.74, 6) is 4.95. The number of ketones is 1. The number of esters is 1. The lowest BCUT2D eigenvalue weighted by Crippen LogP contribution is -2.69. The van der Waals surface area contributed by atoms with Gasteiger partial charge in [-0.3, -0.25) is 14.6 Å². The molecule has 4 saturated carbocycles. The fourth-order valence-corrected chi connectivity index (χ4v) is 15.4. The first-order valence-corrected chi connectivity index (χ1v) is 23.8. The van der Waals surface area contributed by atoms with Crippen LogP contribution in [0, 0.1) is 93.7 Å². The molecule has 342 valence electrons. The number of carbonyl (C=O) groups is 2. The number of H-pyrrole nitrogens is 1. The summed E-state index contributed by atoms with van der Waals surface area (Å²) in [5.41, 5.74) is 8.54. The third-order valence-corrected chi connectivity index (χ3v) is 18.5. The molecule has 10 N–H and O–H groups in total. The van der Waals surface area contributed by atoms with Crippen LogP contribution >= 0.6 is 0 Å². The minimum Gasteiger partial charge on any atom is -0.465 e. The second-order valence-electron chi connectivity index (χ2n) is 22.3. The summed E-state index contributed by atoms with van der Waals surface area (Å²) in [5, 5.41) is 61.9. The number of guanidine groups is 1. The van der Waals surface area contributed by atoms with Crippen molar-refractivity contribution in [1.82, 2.24) is 4.98 Å². The molecule has 2 bridgehead atoms. The first kappa shape index (κ1) is 45.4. The van der Waals surface area contributed by atoms with Crippen LogP contribution in [0.4, 0.5) is 0 Å². The quantitative estimate of drug-likeness (QED) is 0.0807. The number of carbonyl (C=O) groups excluding carboxylic acids is 2. The highest BCUT2D eigenvalue weighted by Crippen LogP contribution is 2.76. The predicted molar refractivity (Wildman–Crippen MR) is 236 cm³/mol. The molecular weight excluding hydrogens is 785 g/mol. The summed E-state index contributed by atoms with van der Waals surface area (Å²) in [6.45, 7) is 13.2. The zero-order valence-electron chi connectivity index (χ0n) is 37.8. The van der Waals surface area contributed by atoms with Crippen LogP contribution in [-0.4, -0.2) is 90.9 Å². The van der Waals surface area contributed by atoms with Crippen LogP contribution in [0.1, 0.15) is 124 Å². The minimum absolute atomic E-state index is 0.00214. The highest BCUT2D eigenvalue weighted by molar-refractivity contribution is 5.95. The van der Waals surface area contributed by atoms with E-state index in [0.29, 0.717) is 37.2 Å². The largest absolute Gasteiger partial charge is 0.465 e. The number of aliphatic hydroxyl groups is 5. The van der Waals surface area contributed by atoms with Gasteiger partial charge < -0.3 is 46.7 Å². The summed E-state index contributed by atoms with van der Waals surface area (Å²) in [4.78, 5) is 35.5. The minimum atomic E-state index is -1.68. The fourth-order valence-electron chi connectivity index (χ4n) is 15.4. The summed E-state index contributed by atoms with van der Waals surface area (Å²) in [7, 11) is 0. The molecule has 12 heteroatoms. The van der Waals surface area contributed by atoms with Crippen LogP contribution in [0.5, 0.6) is 0 Å². The van der Waals surface area contributed by atoms with E-state index >= 15 is 0 Å². The molecule has 12 nitrogen and oxygen atoms in total. The van der Waals surface area contributed by atoms with Gasteiger partial charge in [0.25, 0.3) is 0 Å². The lowest BCUT2D eigenvalue weighted by molar-refractivity contribution is -0.226. The SMILES string of the molecule is CC(C)CC[C@H]1C[C@@H]([C@@H]2COC(=O)[C@H]2c2cc[nH]c2)C#CC[C@@H]2C[C@@]3(O)C4=CC(=O)[C@@H]5C[C@@H](O)[C@@H](O)C[C@]5(C)[C@H]4[C@H]4CC[C@@H](CN=C(N)N)[C@@]3(C4)[C@H]2[C@@](C)(O)[C@H](O)C[C@@H](C)[C@@H]1C. The van der Waals surface area contributed by atoms with Crippen LogP contribution in [-0.2, 0) is 14.3 Å². The molecule has 6 aliphatic carbocycles. The number of aliphatic imine (C=N–C) groups is 1. The van der Waals surface area contributed by atoms with E-state index in [0.717, 1.165) is 31.2 Å². The maximum absolute atomic E-state index is 14.4. The number of ether oxygens (including phenoxy) is 1. The van der Waals surface area contributed by atoms with Crippen LogP contribution in [0.3, 0.4) is 0 Å². The third-order valence-electron chi connectivity index (χ3n) is 18.5. The van der Waals surface area contributed by atoms with Crippen LogP contribution in [0.15, 0.2) is 35.1 Å². The van der Waals surface area contributed by atoms with E-state index < -0.39 is 64.0 Å². The number of aliphatic hydroxyl groups excluding tert-OH is 3. The number of hydrogen-bond donors (Lipinski definition) is 8. The van der Waals surface area contributed by atoms with Crippen LogP contribution in [0.25, 0.3) is 0 Å². The first-order chi connectivity index (χ1) is 29.2. The summed E-state index contributed by atoms with van der Waals surface area (Å²) in [6.07, 6.45) is 8.27. The Balaban J connectivity index is 1.28. The molecule has 0 radical (unpaired) electrons. The van der Waals surface area contributed by atoms with Gasteiger partial charge in [-0.15, -0.1) is 5.92 Å². The van der Waals surface area contributed by atoms with Crippen molar-refractivity contribution in [3.8, 4) is 11.8 Å². The van der Waals surface area contributed by atoms with Crippen molar-refractivity contribution in [2.75, 3.05) is 13.2 Å². The Morgan fingerprint density at radius 1 is 1.02 bits per heavy atom. The van der Waals surface area contributed by atoms with Gasteiger partial charge in [0.1, 0.15) is 0 Å². The van der Waals surface area contributed by atoms with Gasteiger partial charge in [0.15, 0.2) is 11.7 Å². The summed E-state index contributed by atoms with van der Waals surface area (Å²) < 4.78 is 5.82. The number of nitrogens with one attached hydrogen (secondary N) is 1. The molecule has 0 aromatic carbocycles. The van der Waals surface area contributed by atoms with Gasteiger partial charge in [0.05, 0.1) is 42.0 Å². The zero-order chi connectivity index (χ0) is 44.7. The van der Waals surface area contributed by atoms with Crippen LogP contribution < -0.4 is 11.5 Å².